The first-order chi connectivity index (χ1) is 8.74. The highest BCUT2D eigenvalue weighted by Crippen LogP contribution is 2.09. The van der Waals surface area contributed by atoms with Crippen LogP contribution in [0.2, 0.25) is 0 Å². The van der Waals surface area contributed by atoms with Gasteiger partial charge in [0.15, 0.2) is 0 Å². The number of hydrogen-bond donors (Lipinski definition) is 0. The summed E-state index contributed by atoms with van der Waals surface area (Å²) in [7, 11) is 0. The van der Waals surface area contributed by atoms with Gasteiger partial charge in [-0.25, -0.2) is 4.79 Å². The third-order valence-corrected chi connectivity index (χ3v) is 2.45. The molecule has 0 radical (unpaired) electrons. The molecule has 2 rings (SSSR count). The Balaban J connectivity index is 1.97. The molecular weight excluding hydrogens is 224 g/mol. The third-order valence-electron chi connectivity index (χ3n) is 2.45. The van der Waals surface area contributed by atoms with Gasteiger partial charge >= 0.3 is 5.97 Å². The Kier molecular flexibility index (Phi) is 3.92. The van der Waals surface area contributed by atoms with Crippen molar-refractivity contribution in [3.05, 3.63) is 71.8 Å². The molecular formula is C16H14O2. The largest absolute Gasteiger partial charge is 0.423 e. The predicted octanol–water partition coefficient (Wildman–Crippen LogP) is 3.61. The van der Waals surface area contributed by atoms with Gasteiger partial charge < -0.3 is 4.74 Å². The molecule has 0 spiro atoms. The van der Waals surface area contributed by atoms with Crippen molar-refractivity contribution in [3.63, 3.8) is 0 Å². The van der Waals surface area contributed by atoms with Crippen LogP contribution >= 0.6 is 0 Å². The van der Waals surface area contributed by atoms with Crippen molar-refractivity contribution in [1.82, 2.24) is 0 Å². The maximum atomic E-state index is 11.5. The van der Waals surface area contributed by atoms with Crippen LogP contribution in [-0.4, -0.2) is 5.97 Å². The number of hydrogen-bond acceptors (Lipinski definition) is 2. The number of rotatable bonds is 3. The Bertz CT molecular complexity index is 539. The Morgan fingerprint density at radius 3 is 2.33 bits per heavy atom. The van der Waals surface area contributed by atoms with E-state index < -0.39 is 0 Å². The molecule has 0 atom stereocenters. The highest BCUT2D eigenvalue weighted by atomic mass is 16.5. The van der Waals surface area contributed by atoms with Gasteiger partial charge in [-0.1, -0.05) is 48.0 Å². The van der Waals surface area contributed by atoms with Crippen LogP contribution in [0.25, 0.3) is 6.08 Å². The summed E-state index contributed by atoms with van der Waals surface area (Å²) >= 11 is 0. The second kappa shape index (κ2) is 5.82. The lowest BCUT2D eigenvalue weighted by Gasteiger charge is -1.99. The van der Waals surface area contributed by atoms with E-state index in [9.17, 15) is 4.79 Å². The molecule has 0 amide bonds. The van der Waals surface area contributed by atoms with Gasteiger partial charge in [-0.3, -0.25) is 0 Å². The van der Waals surface area contributed by atoms with Crippen LogP contribution in [0, 0.1) is 6.92 Å². The zero-order valence-corrected chi connectivity index (χ0v) is 10.2. The van der Waals surface area contributed by atoms with Crippen LogP contribution in [0.15, 0.2) is 60.7 Å². The maximum absolute atomic E-state index is 11.5. The standard InChI is InChI=1S/C16H14O2/c1-13-7-9-14(10-8-13)11-12-16(17)18-15-5-3-2-4-6-15/h2-12H,1H3. The van der Waals surface area contributed by atoms with Crippen LogP contribution in [0.1, 0.15) is 11.1 Å². The Hall–Kier alpha value is -2.35. The lowest BCUT2D eigenvalue weighted by Crippen LogP contribution is -2.03. The molecule has 0 bridgehead atoms. The summed E-state index contributed by atoms with van der Waals surface area (Å²) < 4.78 is 5.13. The predicted molar refractivity (Wildman–Crippen MR) is 72.3 cm³/mol. The molecule has 0 unspecified atom stereocenters. The molecule has 18 heavy (non-hydrogen) atoms. The average molecular weight is 238 g/mol. The second-order valence-electron chi connectivity index (χ2n) is 3.98. The molecule has 90 valence electrons. The summed E-state index contributed by atoms with van der Waals surface area (Å²) in [5.41, 5.74) is 2.17. The molecule has 2 aromatic carbocycles. The summed E-state index contributed by atoms with van der Waals surface area (Å²) in [5.74, 6) is 0.179. The Labute approximate surface area is 107 Å². The monoisotopic (exact) mass is 238 g/mol. The summed E-state index contributed by atoms with van der Waals surface area (Å²) in [5, 5.41) is 0. The van der Waals surface area contributed by atoms with Gasteiger partial charge in [-0.15, -0.1) is 0 Å². The lowest BCUT2D eigenvalue weighted by atomic mass is 10.1. The quantitative estimate of drug-likeness (QED) is 0.464. The molecule has 0 heterocycles. The van der Waals surface area contributed by atoms with E-state index in [2.05, 4.69) is 0 Å². The molecule has 0 aromatic heterocycles. The highest BCUT2D eigenvalue weighted by Gasteiger charge is 1.98. The minimum Gasteiger partial charge on any atom is -0.423 e. The van der Waals surface area contributed by atoms with Crippen molar-refractivity contribution < 1.29 is 9.53 Å². The van der Waals surface area contributed by atoms with Gasteiger partial charge in [-0.05, 0) is 30.7 Å². The van der Waals surface area contributed by atoms with Gasteiger partial charge in [0.25, 0.3) is 0 Å². The number of benzene rings is 2. The molecule has 0 saturated carbocycles. The Morgan fingerprint density at radius 1 is 1.00 bits per heavy atom. The minimum atomic E-state index is -0.373. The first kappa shape index (κ1) is 12.1. The molecule has 0 fully saturated rings. The number of carbonyl (C=O) groups is 1. The normalized spacial score (nSPS) is 10.5. The van der Waals surface area contributed by atoms with Crippen LogP contribution in [0.5, 0.6) is 5.75 Å². The number of esters is 1. The number of ether oxygens (including phenoxy) is 1. The highest BCUT2D eigenvalue weighted by molar-refractivity contribution is 5.88. The molecule has 0 N–H and O–H groups in total. The van der Waals surface area contributed by atoms with E-state index in [1.165, 1.54) is 11.6 Å². The number of aryl methyl sites for hydroxylation is 1. The summed E-state index contributed by atoms with van der Waals surface area (Å²) in [4.78, 5) is 11.5. The van der Waals surface area contributed by atoms with Crippen LogP contribution < -0.4 is 4.74 Å². The van der Waals surface area contributed by atoms with E-state index in [0.717, 1.165) is 5.56 Å². The molecule has 0 aliphatic heterocycles. The lowest BCUT2D eigenvalue weighted by molar-refractivity contribution is -0.128. The van der Waals surface area contributed by atoms with Crippen molar-refractivity contribution in [2.24, 2.45) is 0 Å². The van der Waals surface area contributed by atoms with E-state index in [1.54, 1.807) is 18.2 Å². The fourth-order valence-corrected chi connectivity index (χ4v) is 1.48. The molecule has 0 saturated heterocycles. The zero-order valence-electron chi connectivity index (χ0n) is 10.2. The zero-order chi connectivity index (χ0) is 12.8. The SMILES string of the molecule is Cc1ccc(C=CC(=O)Oc2ccccc2)cc1. The molecule has 2 aromatic rings. The number of carbonyl (C=O) groups excluding carboxylic acids is 1. The number of para-hydroxylation sites is 1. The molecule has 2 heteroatoms. The Morgan fingerprint density at radius 2 is 1.67 bits per heavy atom. The van der Waals surface area contributed by atoms with E-state index in [-0.39, 0.29) is 5.97 Å². The van der Waals surface area contributed by atoms with Crippen molar-refractivity contribution >= 4 is 12.0 Å². The van der Waals surface area contributed by atoms with E-state index in [0.29, 0.717) is 5.75 Å². The summed E-state index contributed by atoms with van der Waals surface area (Å²) in [6, 6.07) is 16.9. The van der Waals surface area contributed by atoms with Gasteiger partial charge in [0, 0.05) is 6.08 Å². The van der Waals surface area contributed by atoms with Crippen LogP contribution in [0.4, 0.5) is 0 Å². The smallest absolute Gasteiger partial charge is 0.336 e. The fraction of sp³-hybridized carbons (Fsp3) is 0.0625. The van der Waals surface area contributed by atoms with Gasteiger partial charge in [-0.2, -0.15) is 0 Å². The average Bonchev–Trinajstić information content (AvgIpc) is 2.39. The molecule has 2 nitrogen and oxygen atoms in total. The fourth-order valence-electron chi connectivity index (χ4n) is 1.48. The summed E-state index contributed by atoms with van der Waals surface area (Å²) in [6.45, 7) is 2.02. The van der Waals surface area contributed by atoms with Crippen molar-refractivity contribution in [2.75, 3.05) is 0 Å². The maximum Gasteiger partial charge on any atom is 0.336 e. The van der Waals surface area contributed by atoms with Crippen molar-refractivity contribution in [2.45, 2.75) is 6.92 Å². The van der Waals surface area contributed by atoms with Gasteiger partial charge in [0.1, 0.15) is 5.75 Å². The second-order valence-corrected chi connectivity index (χ2v) is 3.98. The van der Waals surface area contributed by atoms with E-state index in [4.69, 9.17) is 4.74 Å². The van der Waals surface area contributed by atoms with Crippen molar-refractivity contribution in [1.29, 1.82) is 0 Å². The minimum absolute atomic E-state index is 0.373. The van der Waals surface area contributed by atoms with E-state index >= 15 is 0 Å². The third kappa shape index (κ3) is 3.59. The van der Waals surface area contributed by atoms with Gasteiger partial charge in [0.2, 0.25) is 0 Å². The van der Waals surface area contributed by atoms with Gasteiger partial charge in [0.05, 0.1) is 0 Å². The molecule has 0 aliphatic carbocycles. The van der Waals surface area contributed by atoms with Crippen LogP contribution in [0.3, 0.4) is 0 Å². The molecule has 0 aliphatic rings. The van der Waals surface area contributed by atoms with Crippen LogP contribution in [-0.2, 0) is 4.79 Å². The first-order valence-corrected chi connectivity index (χ1v) is 5.76. The van der Waals surface area contributed by atoms with Crippen molar-refractivity contribution in [3.8, 4) is 5.75 Å². The topological polar surface area (TPSA) is 26.3 Å². The first-order valence-electron chi connectivity index (χ1n) is 5.76. The summed E-state index contributed by atoms with van der Waals surface area (Å²) in [6.07, 6.45) is 3.17. The van der Waals surface area contributed by atoms with E-state index in [1.807, 2.05) is 49.4 Å².